The molecule has 0 aromatic heterocycles. The molecular weight excluding hydrogens is 354 g/mol. The lowest BCUT2D eigenvalue weighted by Gasteiger charge is -2.34. The highest BCUT2D eigenvalue weighted by Gasteiger charge is 2.53. The molecule has 3 aliphatic heterocycles. The monoisotopic (exact) mass is 382 g/mol. The Labute approximate surface area is 158 Å². The van der Waals surface area contributed by atoms with Gasteiger partial charge >= 0.3 is 11.9 Å². The minimum Gasteiger partial charge on any atom is -0.394 e. The van der Waals surface area contributed by atoms with E-state index in [1.807, 2.05) is 13.8 Å². The molecule has 2 fully saturated rings. The third-order valence-electron chi connectivity index (χ3n) is 5.09. The summed E-state index contributed by atoms with van der Waals surface area (Å²) in [5, 5.41) is 19.3. The van der Waals surface area contributed by atoms with Crippen LogP contribution in [0.3, 0.4) is 0 Å². The van der Waals surface area contributed by atoms with Gasteiger partial charge in [-0.05, 0) is 18.8 Å². The van der Waals surface area contributed by atoms with E-state index in [-0.39, 0.29) is 24.7 Å². The molecule has 0 spiro atoms. The zero-order chi connectivity index (χ0) is 19.9. The Hall–Kier alpha value is -1.88. The lowest BCUT2D eigenvalue weighted by molar-refractivity contribution is -0.545. The van der Waals surface area contributed by atoms with E-state index in [0.29, 0.717) is 18.2 Å². The molecular formula is C17H28N5O5+. The zero-order valence-corrected chi connectivity index (χ0v) is 16.2. The number of likely N-dealkylation sites (N-methyl/N-ethyl adjacent to an activating group) is 2. The summed E-state index contributed by atoms with van der Waals surface area (Å²) in [5.74, 6) is 0.574. The molecule has 0 aromatic rings. The van der Waals surface area contributed by atoms with Crippen LogP contribution in [0.1, 0.15) is 13.8 Å². The van der Waals surface area contributed by atoms with E-state index in [4.69, 9.17) is 4.74 Å². The maximum absolute atomic E-state index is 12.7. The predicted octanol–water partition coefficient (Wildman–Crippen LogP) is -1.84. The molecule has 3 heterocycles. The Morgan fingerprint density at radius 2 is 1.85 bits per heavy atom. The summed E-state index contributed by atoms with van der Waals surface area (Å²) in [4.78, 5) is 34.2. The molecule has 2 saturated heterocycles. The van der Waals surface area contributed by atoms with Gasteiger partial charge < -0.3 is 14.9 Å². The summed E-state index contributed by atoms with van der Waals surface area (Å²) in [6, 6.07) is -1.21. The summed E-state index contributed by atoms with van der Waals surface area (Å²) in [7, 11) is 3.02. The van der Waals surface area contributed by atoms with Crippen molar-refractivity contribution in [1.82, 2.24) is 14.7 Å². The molecule has 10 heteroatoms. The maximum atomic E-state index is 12.7. The van der Waals surface area contributed by atoms with E-state index in [1.54, 1.807) is 11.6 Å². The molecule has 0 saturated carbocycles. The molecule has 0 aliphatic carbocycles. The number of carbonyl (C=O) groups is 2. The van der Waals surface area contributed by atoms with E-state index in [9.17, 15) is 19.8 Å². The summed E-state index contributed by atoms with van der Waals surface area (Å²) in [6.07, 6.45) is -0.850. The molecule has 4 unspecified atom stereocenters. The van der Waals surface area contributed by atoms with Gasteiger partial charge in [0.25, 0.3) is 17.8 Å². The zero-order valence-electron chi connectivity index (χ0n) is 16.2. The van der Waals surface area contributed by atoms with Gasteiger partial charge in [-0.25, -0.2) is 9.37 Å². The topological polar surface area (TPSA) is 109 Å². The second kappa shape index (κ2) is 7.63. The van der Waals surface area contributed by atoms with Crippen LogP contribution in [-0.2, 0) is 9.53 Å². The number of aliphatic hydroxyl groups is 2. The number of fused-ring (bicyclic) bond motifs is 1. The lowest BCUT2D eigenvalue weighted by atomic mass is 10.1. The van der Waals surface area contributed by atoms with Crippen molar-refractivity contribution in [2.24, 2.45) is 4.99 Å². The van der Waals surface area contributed by atoms with Gasteiger partial charge in [0, 0.05) is 27.2 Å². The fourth-order valence-electron chi connectivity index (χ4n) is 3.88. The molecule has 0 bridgehead atoms. The van der Waals surface area contributed by atoms with Crippen molar-refractivity contribution in [2.75, 3.05) is 46.9 Å². The number of aliphatic imine (C=N–C) groups is 1. The van der Waals surface area contributed by atoms with Gasteiger partial charge in [-0.1, -0.05) is 0 Å². The number of aliphatic hydroxyl groups excluding tert-OH is 2. The first-order valence-electron chi connectivity index (χ1n) is 9.16. The van der Waals surface area contributed by atoms with E-state index in [1.165, 1.54) is 11.9 Å². The quantitative estimate of drug-likeness (QED) is 0.541. The van der Waals surface area contributed by atoms with Gasteiger partial charge in [0.2, 0.25) is 0 Å². The van der Waals surface area contributed by atoms with Gasteiger partial charge in [0.1, 0.15) is 19.2 Å². The number of carbonyl (C=O) groups excluding carboxylic acids is 2. The van der Waals surface area contributed by atoms with Crippen molar-refractivity contribution >= 4 is 23.6 Å². The van der Waals surface area contributed by atoms with E-state index >= 15 is 0 Å². The van der Waals surface area contributed by atoms with Gasteiger partial charge in [-0.3, -0.25) is 19.5 Å². The van der Waals surface area contributed by atoms with E-state index in [0.717, 1.165) is 18.0 Å². The summed E-state index contributed by atoms with van der Waals surface area (Å²) in [5.41, 5.74) is 0. The average molecular weight is 382 g/mol. The predicted molar refractivity (Wildman–Crippen MR) is 96.8 cm³/mol. The average Bonchev–Trinajstić information content (AvgIpc) is 2.95. The van der Waals surface area contributed by atoms with Crippen LogP contribution >= 0.6 is 0 Å². The molecule has 3 amide bonds. The van der Waals surface area contributed by atoms with Crippen molar-refractivity contribution in [3.05, 3.63) is 0 Å². The number of urea groups is 1. The van der Waals surface area contributed by atoms with Crippen LogP contribution in [0.5, 0.6) is 0 Å². The van der Waals surface area contributed by atoms with Crippen LogP contribution in [0.4, 0.5) is 4.79 Å². The summed E-state index contributed by atoms with van der Waals surface area (Å²) >= 11 is 0. The molecule has 4 atom stereocenters. The number of hydrogen-bond donors (Lipinski definition) is 2. The Balaban J connectivity index is 1.92. The molecule has 3 aliphatic rings. The van der Waals surface area contributed by atoms with E-state index in [2.05, 4.69) is 9.89 Å². The first-order chi connectivity index (χ1) is 12.7. The Bertz CT molecular complexity index is 683. The van der Waals surface area contributed by atoms with Crippen LogP contribution in [0.25, 0.3) is 0 Å². The minimum absolute atomic E-state index is 0.0561. The fraction of sp³-hybridized carbons (Fsp3) is 0.765. The molecule has 27 heavy (non-hydrogen) atoms. The number of β-amino-alcohol motifs (C(OH)–C–C–N with tert-alkyl or cyclic N) is 1. The maximum Gasteiger partial charge on any atom is 0.333 e. The normalized spacial score (nSPS) is 30.7. The number of ether oxygens (including phenoxy) is 1. The molecule has 3 rings (SSSR count). The van der Waals surface area contributed by atoms with Crippen LogP contribution < -0.4 is 0 Å². The summed E-state index contributed by atoms with van der Waals surface area (Å²) in [6.45, 7) is 5.56. The molecule has 2 N–H and O–H groups in total. The van der Waals surface area contributed by atoms with Gasteiger partial charge in [0.05, 0.1) is 18.8 Å². The van der Waals surface area contributed by atoms with Crippen LogP contribution in [-0.4, -0.2) is 124 Å². The first-order valence-corrected chi connectivity index (χ1v) is 9.16. The second-order valence-corrected chi connectivity index (χ2v) is 7.47. The largest absolute Gasteiger partial charge is 0.394 e. The van der Waals surface area contributed by atoms with Gasteiger partial charge in [0.15, 0.2) is 0 Å². The number of hydrogen-bond acceptors (Lipinski definition) is 7. The smallest absolute Gasteiger partial charge is 0.333 e. The van der Waals surface area contributed by atoms with Crippen molar-refractivity contribution in [3.63, 3.8) is 0 Å². The number of nitrogens with zero attached hydrogens (tertiary/aromatic N) is 5. The number of amides is 3. The van der Waals surface area contributed by atoms with Crippen LogP contribution in [0, 0.1) is 0 Å². The number of amidine groups is 2. The molecule has 0 radical (unpaired) electrons. The van der Waals surface area contributed by atoms with Gasteiger partial charge in [-0.15, -0.1) is 0 Å². The Morgan fingerprint density at radius 1 is 1.22 bits per heavy atom. The Kier molecular flexibility index (Phi) is 5.61. The Morgan fingerprint density at radius 3 is 2.44 bits per heavy atom. The second-order valence-electron chi connectivity index (χ2n) is 7.47. The van der Waals surface area contributed by atoms with Crippen molar-refractivity contribution in [3.8, 4) is 0 Å². The highest BCUT2D eigenvalue weighted by Crippen LogP contribution is 2.20. The van der Waals surface area contributed by atoms with Crippen molar-refractivity contribution < 1.29 is 29.1 Å². The molecule has 150 valence electrons. The third kappa shape index (κ3) is 3.75. The van der Waals surface area contributed by atoms with Crippen molar-refractivity contribution in [1.29, 1.82) is 0 Å². The van der Waals surface area contributed by atoms with Crippen LogP contribution in [0.2, 0.25) is 0 Å². The first kappa shape index (κ1) is 19.9. The van der Waals surface area contributed by atoms with Crippen molar-refractivity contribution in [2.45, 2.75) is 38.2 Å². The SMILES string of the molecule is CC1CN(CC2=[N+](CC(O)CO)C3C(=O)N(C)C(=O)N(C)C3=N2)CC(C)O1. The lowest BCUT2D eigenvalue weighted by Crippen LogP contribution is -2.62. The molecule has 0 aromatic carbocycles. The summed E-state index contributed by atoms with van der Waals surface area (Å²) < 4.78 is 7.46. The standard InChI is InChI=1S/C17H28N5O5/c1-10-5-21(6-11(2)27-10)8-13-18-15-14(22(13)7-12(24)9-23)16(25)20(4)17(26)19(15)3/h10-12,14,23-24H,5-9H2,1-4H3/q+1. The highest BCUT2D eigenvalue weighted by molar-refractivity contribution is 6.23. The van der Waals surface area contributed by atoms with E-state index < -0.39 is 24.8 Å². The fourth-order valence-corrected chi connectivity index (χ4v) is 3.88. The third-order valence-corrected chi connectivity index (χ3v) is 5.09. The number of imide groups is 1. The minimum atomic E-state index is -1.02. The molecule has 10 nitrogen and oxygen atoms in total. The van der Waals surface area contributed by atoms with Crippen LogP contribution in [0.15, 0.2) is 4.99 Å². The van der Waals surface area contributed by atoms with Gasteiger partial charge in [-0.2, -0.15) is 0 Å². The number of morpholine rings is 1. The number of rotatable bonds is 5. The highest BCUT2D eigenvalue weighted by atomic mass is 16.5.